The van der Waals surface area contributed by atoms with Crippen molar-refractivity contribution in [2.75, 3.05) is 18.5 Å². The van der Waals surface area contributed by atoms with Gasteiger partial charge in [0, 0.05) is 19.3 Å². The van der Waals surface area contributed by atoms with Crippen molar-refractivity contribution in [3.8, 4) is 11.1 Å². The maximum atomic E-state index is 3.63. The van der Waals surface area contributed by atoms with Crippen molar-refractivity contribution < 1.29 is 0 Å². The van der Waals surface area contributed by atoms with Crippen LogP contribution >= 0.6 is 0 Å². The molecule has 2 aromatic carbocycles. The van der Waals surface area contributed by atoms with Crippen molar-refractivity contribution in [2.45, 2.75) is 88.5 Å². The second-order valence-corrected chi connectivity index (χ2v) is 7.41. The lowest BCUT2D eigenvalue weighted by molar-refractivity contribution is 0.968. The fraction of sp³-hybridized carbons (Fsp3) is 0.405. The summed E-state index contributed by atoms with van der Waals surface area (Å²) in [5.41, 5.74) is 6.55. The summed E-state index contributed by atoms with van der Waals surface area (Å²) < 4.78 is 0. The van der Waals surface area contributed by atoms with Gasteiger partial charge in [-0.3, -0.25) is 0 Å². The third-order valence-corrected chi connectivity index (χ3v) is 4.85. The zero-order valence-corrected chi connectivity index (χ0v) is 27.2. The van der Waals surface area contributed by atoms with E-state index in [0.717, 1.165) is 19.4 Å². The first-order valence-electron chi connectivity index (χ1n) is 14.2. The average molecular weight is 522 g/mol. The lowest BCUT2D eigenvalue weighted by Gasteiger charge is -2.17. The Morgan fingerprint density at radius 1 is 0.711 bits per heavy atom. The summed E-state index contributed by atoms with van der Waals surface area (Å²) in [6, 6.07) is 17.6. The molecule has 0 N–H and O–H groups in total. The number of hydrogen-bond donors (Lipinski definition) is 0. The maximum Gasteiger partial charge on any atom is 0.0363 e. The van der Waals surface area contributed by atoms with E-state index in [9.17, 15) is 0 Å². The number of rotatable bonds is 6. The molecule has 0 spiro atoms. The van der Waals surface area contributed by atoms with Crippen LogP contribution in [-0.2, 0) is 6.42 Å². The number of hydrogen-bond acceptors (Lipinski definition) is 1. The molecule has 0 unspecified atom stereocenters. The standard InChI is InChI=1S/C17H21N.C7H12.C4H8.C3H8.C2H6.2C2H4/c1-4-14-6-8-15(9-7-14)16-10-12-17(13-11-16)18(3)5-2;1-4-7(5-2)6-3;1-3-4-2;1-3-2;3*1-2/h6-13H,4-5H2,1-3H3;4-5H,1,6H2,2-3H3;3-4H,1-2H3;3H2,1-2H3;1-2H3;2*1-2H2/b;7-5+;4-3-;;;;. The van der Waals surface area contributed by atoms with E-state index in [1.165, 1.54) is 34.4 Å². The predicted molar refractivity (Wildman–Crippen MR) is 185 cm³/mol. The molecule has 2 aromatic rings. The zero-order valence-electron chi connectivity index (χ0n) is 27.2. The highest BCUT2D eigenvalue weighted by molar-refractivity contribution is 5.66. The van der Waals surface area contributed by atoms with Gasteiger partial charge in [-0.05, 0) is 69.4 Å². The lowest BCUT2D eigenvalue weighted by atomic mass is 10.0. The number of anilines is 1. The highest BCUT2D eigenvalue weighted by atomic mass is 15.1. The summed E-state index contributed by atoms with van der Waals surface area (Å²) in [6.07, 6.45) is 11.4. The first-order valence-corrected chi connectivity index (χ1v) is 14.2. The van der Waals surface area contributed by atoms with Crippen LogP contribution < -0.4 is 4.90 Å². The van der Waals surface area contributed by atoms with Crippen molar-refractivity contribution in [3.63, 3.8) is 0 Å². The van der Waals surface area contributed by atoms with Crippen molar-refractivity contribution in [3.05, 3.63) is 117 Å². The third-order valence-electron chi connectivity index (χ3n) is 4.85. The van der Waals surface area contributed by atoms with Crippen LogP contribution in [0.5, 0.6) is 0 Å². The number of allylic oxidation sites excluding steroid dienone is 5. The summed E-state index contributed by atoms with van der Waals surface area (Å²) in [4.78, 5) is 2.24. The second-order valence-electron chi connectivity index (χ2n) is 7.41. The molecular weight excluding hydrogens is 458 g/mol. The molecular formula is C37H63N. The molecule has 1 heteroatoms. The van der Waals surface area contributed by atoms with Gasteiger partial charge in [0.05, 0.1) is 0 Å². The van der Waals surface area contributed by atoms with Crippen LogP contribution in [0.2, 0.25) is 0 Å². The Bertz CT molecular complexity index is 757. The highest BCUT2D eigenvalue weighted by Gasteiger charge is 2.00. The zero-order chi connectivity index (χ0) is 30.8. The molecule has 0 aliphatic carbocycles. The number of aryl methyl sites for hydroxylation is 1. The van der Waals surface area contributed by atoms with Crippen LogP contribution in [-0.4, -0.2) is 13.6 Å². The van der Waals surface area contributed by atoms with Crippen molar-refractivity contribution in [1.29, 1.82) is 0 Å². The average Bonchev–Trinajstić information content (AvgIpc) is 3.01. The van der Waals surface area contributed by atoms with E-state index in [1.54, 1.807) is 0 Å². The number of nitrogens with zero attached hydrogens (tertiary/aromatic N) is 1. The van der Waals surface area contributed by atoms with Gasteiger partial charge in [-0.15, -0.1) is 26.3 Å². The van der Waals surface area contributed by atoms with E-state index < -0.39 is 0 Å². The van der Waals surface area contributed by atoms with E-state index in [-0.39, 0.29) is 0 Å². The minimum absolute atomic E-state index is 1.03. The van der Waals surface area contributed by atoms with Crippen LogP contribution in [0.3, 0.4) is 0 Å². The molecule has 0 heterocycles. The summed E-state index contributed by atoms with van der Waals surface area (Å²) in [5, 5.41) is 0. The van der Waals surface area contributed by atoms with Crippen LogP contribution in [0.1, 0.15) is 87.6 Å². The van der Waals surface area contributed by atoms with E-state index >= 15 is 0 Å². The van der Waals surface area contributed by atoms with Gasteiger partial charge in [0.2, 0.25) is 0 Å². The quantitative estimate of drug-likeness (QED) is 0.270. The predicted octanol–water partition coefficient (Wildman–Crippen LogP) is 12.5. The molecule has 0 saturated heterocycles. The topological polar surface area (TPSA) is 3.24 Å². The maximum absolute atomic E-state index is 3.63. The molecule has 0 saturated carbocycles. The Balaban J connectivity index is -0.000000151. The molecule has 2 rings (SSSR count). The Kier molecular flexibility index (Phi) is 45.5. The summed E-state index contributed by atoms with van der Waals surface area (Å²) >= 11 is 0. The van der Waals surface area contributed by atoms with Crippen molar-refractivity contribution in [1.82, 2.24) is 0 Å². The van der Waals surface area contributed by atoms with Crippen molar-refractivity contribution >= 4 is 5.69 Å². The fourth-order valence-corrected chi connectivity index (χ4v) is 2.49. The minimum Gasteiger partial charge on any atom is -0.375 e. The number of benzene rings is 2. The van der Waals surface area contributed by atoms with Gasteiger partial charge < -0.3 is 4.90 Å². The Morgan fingerprint density at radius 2 is 1.08 bits per heavy atom. The smallest absolute Gasteiger partial charge is 0.0363 e. The molecule has 0 aliphatic rings. The third kappa shape index (κ3) is 26.0. The van der Waals surface area contributed by atoms with E-state index in [1.807, 2.05) is 52.8 Å². The molecule has 38 heavy (non-hydrogen) atoms. The Hall–Kier alpha value is -3.06. The van der Waals surface area contributed by atoms with Gasteiger partial charge in [0.25, 0.3) is 0 Å². The van der Waals surface area contributed by atoms with Gasteiger partial charge >= 0.3 is 0 Å². The van der Waals surface area contributed by atoms with Crippen LogP contribution in [0.4, 0.5) is 5.69 Å². The monoisotopic (exact) mass is 521 g/mol. The minimum atomic E-state index is 1.03. The van der Waals surface area contributed by atoms with Crippen LogP contribution in [0.15, 0.2) is 111 Å². The van der Waals surface area contributed by atoms with Gasteiger partial charge in [-0.1, -0.05) is 121 Å². The molecule has 0 amide bonds. The molecule has 0 atom stereocenters. The normalized spacial score (nSPS) is 8.87. The molecule has 0 radical (unpaired) electrons. The molecule has 0 fully saturated rings. The summed E-state index contributed by atoms with van der Waals surface area (Å²) in [6.45, 7) is 37.4. The van der Waals surface area contributed by atoms with Gasteiger partial charge in [0.1, 0.15) is 0 Å². The molecule has 216 valence electrons. The highest BCUT2D eigenvalue weighted by Crippen LogP contribution is 2.23. The molecule has 0 aromatic heterocycles. The first kappa shape index (κ1) is 44.9. The van der Waals surface area contributed by atoms with Gasteiger partial charge in [-0.2, -0.15) is 0 Å². The summed E-state index contributed by atoms with van der Waals surface area (Å²) in [7, 11) is 2.12. The first-order chi connectivity index (χ1) is 18.4. The van der Waals surface area contributed by atoms with Gasteiger partial charge in [0.15, 0.2) is 0 Å². The SMILES string of the molecule is C/C=C\C.C=C.C=C.C=C/C(=C\C)CC.CC.CCC.CCc1ccc(-c2ccc(N(C)CC)cc2)cc1. The van der Waals surface area contributed by atoms with E-state index in [0.29, 0.717) is 0 Å². The van der Waals surface area contributed by atoms with Crippen LogP contribution in [0, 0.1) is 0 Å². The Morgan fingerprint density at radius 3 is 1.29 bits per heavy atom. The van der Waals surface area contributed by atoms with E-state index in [4.69, 9.17) is 0 Å². The second kappa shape index (κ2) is 38.5. The van der Waals surface area contributed by atoms with Crippen molar-refractivity contribution in [2.24, 2.45) is 0 Å². The molecule has 1 nitrogen and oxygen atoms in total. The fourth-order valence-electron chi connectivity index (χ4n) is 2.49. The van der Waals surface area contributed by atoms with E-state index in [2.05, 4.69) is 134 Å². The largest absolute Gasteiger partial charge is 0.375 e. The Labute approximate surface area is 240 Å². The summed E-state index contributed by atoms with van der Waals surface area (Å²) in [5.74, 6) is 0. The molecule has 0 bridgehead atoms. The lowest BCUT2D eigenvalue weighted by Crippen LogP contribution is -2.15. The van der Waals surface area contributed by atoms with Crippen LogP contribution in [0.25, 0.3) is 11.1 Å². The molecule has 0 aliphatic heterocycles. The van der Waals surface area contributed by atoms with Gasteiger partial charge in [-0.25, -0.2) is 0 Å².